The minimum atomic E-state index is -1.56. The summed E-state index contributed by atoms with van der Waals surface area (Å²) in [4.78, 5) is 12.7. The topological polar surface area (TPSA) is 40.5 Å². The number of nitrogens with zero attached hydrogens (tertiary/aromatic N) is 1. The Bertz CT molecular complexity index is 441. The lowest BCUT2D eigenvalue weighted by atomic mass is 10.1. The van der Waals surface area contributed by atoms with E-state index in [4.69, 9.17) is 5.11 Å². The van der Waals surface area contributed by atoms with E-state index in [0.717, 1.165) is 17.0 Å². The molecule has 92 valence electrons. The molecular formula is C11H10F3NO2. The van der Waals surface area contributed by atoms with Crippen molar-refractivity contribution in [2.75, 3.05) is 18.1 Å². The first kappa shape index (κ1) is 11.9. The monoisotopic (exact) mass is 245 g/mol. The van der Waals surface area contributed by atoms with E-state index in [-0.39, 0.29) is 37.1 Å². The molecule has 2 rings (SSSR count). The standard InChI is InChI=1S/C11H10F3NO2/c12-8-2-7(3-9(13)11(8)14)15-4-6(5-16)1-10(15)17/h2-3,6,16H,1,4-5H2. The van der Waals surface area contributed by atoms with Gasteiger partial charge in [0.1, 0.15) is 0 Å². The third-order valence-electron chi connectivity index (χ3n) is 2.74. The molecule has 1 saturated heterocycles. The van der Waals surface area contributed by atoms with Gasteiger partial charge in [-0.05, 0) is 0 Å². The first-order valence-corrected chi connectivity index (χ1v) is 5.08. The summed E-state index contributed by atoms with van der Waals surface area (Å²) in [6, 6.07) is 1.55. The van der Waals surface area contributed by atoms with Crippen LogP contribution < -0.4 is 4.90 Å². The van der Waals surface area contributed by atoms with Crippen LogP contribution in [-0.2, 0) is 4.79 Å². The predicted molar refractivity (Wildman–Crippen MR) is 53.9 cm³/mol. The van der Waals surface area contributed by atoms with Crippen molar-refractivity contribution in [3.63, 3.8) is 0 Å². The zero-order chi connectivity index (χ0) is 12.6. The van der Waals surface area contributed by atoms with Crippen molar-refractivity contribution in [1.29, 1.82) is 0 Å². The lowest BCUT2D eigenvalue weighted by Crippen LogP contribution is -2.25. The molecule has 0 aliphatic carbocycles. The van der Waals surface area contributed by atoms with Gasteiger partial charge in [-0.2, -0.15) is 0 Å². The van der Waals surface area contributed by atoms with Crippen LogP contribution in [0.3, 0.4) is 0 Å². The summed E-state index contributed by atoms with van der Waals surface area (Å²) in [5, 5.41) is 8.91. The van der Waals surface area contributed by atoms with Gasteiger partial charge in [-0.25, -0.2) is 13.2 Å². The smallest absolute Gasteiger partial charge is 0.227 e. The molecule has 1 fully saturated rings. The molecule has 1 aliphatic rings. The molecule has 0 aromatic heterocycles. The SMILES string of the molecule is O=C1CC(CO)CN1c1cc(F)c(F)c(F)c1. The first-order valence-electron chi connectivity index (χ1n) is 5.08. The van der Waals surface area contributed by atoms with Crippen LogP contribution in [0.5, 0.6) is 0 Å². The fraction of sp³-hybridized carbons (Fsp3) is 0.364. The van der Waals surface area contributed by atoms with E-state index >= 15 is 0 Å². The van der Waals surface area contributed by atoms with Crippen LogP contribution in [0.15, 0.2) is 12.1 Å². The summed E-state index contributed by atoms with van der Waals surface area (Å²) >= 11 is 0. The second-order valence-electron chi connectivity index (χ2n) is 3.98. The third kappa shape index (κ3) is 2.12. The minimum Gasteiger partial charge on any atom is -0.396 e. The second kappa shape index (κ2) is 4.37. The molecule has 1 amide bonds. The molecule has 0 saturated carbocycles. The first-order chi connectivity index (χ1) is 8.02. The van der Waals surface area contributed by atoms with Gasteiger partial charge < -0.3 is 10.0 Å². The summed E-state index contributed by atoms with van der Waals surface area (Å²) in [5.41, 5.74) is -0.0256. The normalized spacial score (nSPS) is 20.1. The Labute approximate surface area is 95.5 Å². The molecule has 1 aromatic rings. The maximum absolute atomic E-state index is 13.0. The molecule has 3 nitrogen and oxygen atoms in total. The van der Waals surface area contributed by atoms with Crippen molar-refractivity contribution < 1.29 is 23.1 Å². The highest BCUT2D eigenvalue weighted by Crippen LogP contribution is 2.27. The van der Waals surface area contributed by atoms with Gasteiger partial charge in [0.05, 0.1) is 0 Å². The molecular weight excluding hydrogens is 235 g/mol. The summed E-state index contributed by atoms with van der Waals surface area (Å²) in [5.74, 6) is -4.81. The van der Waals surface area contributed by atoms with Gasteiger partial charge in [0.15, 0.2) is 17.5 Å². The van der Waals surface area contributed by atoms with E-state index in [1.165, 1.54) is 0 Å². The van der Waals surface area contributed by atoms with Crippen molar-refractivity contribution in [2.24, 2.45) is 5.92 Å². The number of hydrogen-bond acceptors (Lipinski definition) is 2. The highest BCUT2D eigenvalue weighted by Gasteiger charge is 2.31. The zero-order valence-corrected chi connectivity index (χ0v) is 8.79. The number of amides is 1. The zero-order valence-electron chi connectivity index (χ0n) is 8.79. The lowest BCUT2D eigenvalue weighted by Gasteiger charge is -2.16. The molecule has 1 N–H and O–H groups in total. The van der Waals surface area contributed by atoms with E-state index in [2.05, 4.69) is 0 Å². The minimum absolute atomic E-state index is 0.0256. The van der Waals surface area contributed by atoms with Crippen LogP contribution in [0, 0.1) is 23.4 Å². The third-order valence-corrected chi connectivity index (χ3v) is 2.74. The molecule has 1 unspecified atom stereocenters. The summed E-state index contributed by atoms with van der Waals surface area (Å²) in [7, 11) is 0. The average molecular weight is 245 g/mol. The van der Waals surface area contributed by atoms with Gasteiger partial charge in [-0.1, -0.05) is 0 Å². The Kier molecular flexibility index (Phi) is 3.06. The summed E-state index contributed by atoms with van der Waals surface area (Å²) in [6.45, 7) is 0.00818. The molecule has 1 aromatic carbocycles. The second-order valence-corrected chi connectivity index (χ2v) is 3.98. The van der Waals surface area contributed by atoms with E-state index in [1.807, 2.05) is 0 Å². The summed E-state index contributed by atoms with van der Waals surface area (Å²) < 4.78 is 38.7. The van der Waals surface area contributed by atoms with Crippen molar-refractivity contribution >= 4 is 11.6 Å². The predicted octanol–water partition coefficient (Wildman–Crippen LogP) is 1.45. The Hall–Kier alpha value is -1.56. The Morgan fingerprint density at radius 3 is 2.35 bits per heavy atom. The van der Waals surface area contributed by atoms with Gasteiger partial charge in [-0.15, -0.1) is 0 Å². The number of halogens is 3. The molecule has 1 aliphatic heterocycles. The Balaban J connectivity index is 2.32. The van der Waals surface area contributed by atoms with Crippen molar-refractivity contribution in [1.82, 2.24) is 0 Å². The number of anilines is 1. The average Bonchev–Trinajstić information content (AvgIpc) is 2.67. The number of carbonyl (C=O) groups excluding carboxylic acids is 1. The quantitative estimate of drug-likeness (QED) is 0.801. The van der Waals surface area contributed by atoms with E-state index in [1.54, 1.807) is 0 Å². The van der Waals surface area contributed by atoms with E-state index in [9.17, 15) is 18.0 Å². The number of rotatable bonds is 2. The number of hydrogen-bond donors (Lipinski definition) is 1. The van der Waals surface area contributed by atoms with Crippen molar-refractivity contribution in [3.8, 4) is 0 Å². The van der Waals surface area contributed by atoms with Crippen LogP contribution in [0.25, 0.3) is 0 Å². The van der Waals surface area contributed by atoms with Crippen LogP contribution in [-0.4, -0.2) is 24.2 Å². The van der Waals surface area contributed by atoms with Crippen LogP contribution >= 0.6 is 0 Å². The van der Waals surface area contributed by atoms with Crippen LogP contribution in [0.2, 0.25) is 0 Å². The number of aliphatic hydroxyl groups excluding tert-OH is 1. The highest BCUT2D eigenvalue weighted by molar-refractivity contribution is 5.95. The van der Waals surface area contributed by atoms with Crippen molar-refractivity contribution in [3.05, 3.63) is 29.6 Å². The number of benzene rings is 1. The van der Waals surface area contributed by atoms with Gasteiger partial charge in [-0.3, -0.25) is 4.79 Å². The largest absolute Gasteiger partial charge is 0.396 e. The maximum Gasteiger partial charge on any atom is 0.227 e. The van der Waals surface area contributed by atoms with Gasteiger partial charge in [0.2, 0.25) is 5.91 Å². The molecule has 0 radical (unpaired) electrons. The number of carbonyl (C=O) groups is 1. The molecule has 17 heavy (non-hydrogen) atoms. The maximum atomic E-state index is 13.0. The molecule has 0 bridgehead atoms. The highest BCUT2D eigenvalue weighted by atomic mass is 19.2. The van der Waals surface area contributed by atoms with Crippen LogP contribution in [0.4, 0.5) is 18.9 Å². The van der Waals surface area contributed by atoms with Gasteiger partial charge in [0.25, 0.3) is 0 Å². The lowest BCUT2D eigenvalue weighted by molar-refractivity contribution is -0.117. The Morgan fingerprint density at radius 1 is 1.29 bits per heavy atom. The molecule has 1 atom stereocenters. The van der Waals surface area contributed by atoms with Gasteiger partial charge in [0, 0.05) is 43.3 Å². The molecule has 0 spiro atoms. The fourth-order valence-corrected chi connectivity index (χ4v) is 1.85. The van der Waals surface area contributed by atoms with E-state index in [0.29, 0.717) is 0 Å². The summed E-state index contributed by atoms with van der Waals surface area (Å²) in [6.07, 6.45) is 0.122. The number of aliphatic hydroxyl groups is 1. The van der Waals surface area contributed by atoms with Crippen LogP contribution in [0.1, 0.15) is 6.42 Å². The van der Waals surface area contributed by atoms with Crippen molar-refractivity contribution in [2.45, 2.75) is 6.42 Å². The van der Waals surface area contributed by atoms with Gasteiger partial charge >= 0.3 is 0 Å². The van der Waals surface area contributed by atoms with E-state index < -0.39 is 17.5 Å². The Morgan fingerprint density at radius 2 is 1.88 bits per heavy atom. The fourth-order valence-electron chi connectivity index (χ4n) is 1.85. The molecule has 6 heteroatoms. The molecule has 1 heterocycles.